The fourth-order valence-electron chi connectivity index (χ4n) is 2.72. The monoisotopic (exact) mass is 230 g/mol. The number of aliphatic hydroxyl groups is 1. The molecule has 2 N–H and O–H groups in total. The molecule has 1 aliphatic carbocycles. The highest BCUT2D eigenvalue weighted by atomic mass is 16.5. The van der Waals surface area contributed by atoms with Crippen LogP contribution in [0, 0.1) is 11.8 Å². The lowest BCUT2D eigenvalue weighted by atomic mass is 9.70. The van der Waals surface area contributed by atoms with Gasteiger partial charge in [0, 0.05) is 13.0 Å². The van der Waals surface area contributed by atoms with Gasteiger partial charge in [-0.15, -0.1) is 0 Å². The molecule has 3 unspecified atom stereocenters. The van der Waals surface area contributed by atoms with E-state index in [2.05, 4.69) is 0 Å². The van der Waals surface area contributed by atoms with Crippen LogP contribution in [0.3, 0.4) is 0 Å². The second-order valence-electron chi connectivity index (χ2n) is 4.95. The van der Waals surface area contributed by atoms with Crippen molar-refractivity contribution in [2.24, 2.45) is 11.8 Å². The van der Waals surface area contributed by atoms with Crippen molar-refractivity contribution in [3.8, 4) is 0 Å². The highest BCUT2D eigenvalue weighted by Gasteiger charge is 2.50. The number of carbonyl (C=O) groups is 1. The van der Waals surface area contributed by atoms with E-state index in [1.807, 2.05) is 0 Å². The van der Waals surface area contributed by atoms with Gasteiger partial charge in [-0.05, 0) is 18.8 Å². The summed E-state index contributed by atoms with van der Waals surface area (Å²) in [6.45, 7) is 3.49. The van der Waals surface area contributed by atoms with Crippen LogP contribution in [0.15, 0.2) is 0 Å². The second-order valence-corrected chi connectivity index (χ2v) is 4.95. The van der Waals surface area contributed by atoms with Crippen molar-refractivity contribution >= 4 is 5.97 Å². The molecule has 0 heterocycles. The molecule has 0 saturated heterocycles. The summed E-state index contributed by atoms with van der Waals surface area (Å²) in [6.07, 6.45) is 3.43. The first-order chi connectivity index (χ1) is 7.44. The minimum atomic E-state index is -1.67. The average molecular weight is 230 g/mol. The van der Waals surface area contributed by atoms with Crippen LogP contribution in [-0.4, -0.2) is 35.0 Å². The Morgan fingerprint density at radius 2 is 1.94 bits per heavy atom. The number of carboxylic acids is 1. The summed E-state index contributed by atoms with van der Waals surface area (Å²) in [5.41, 5.74) is -1.67. The molecular weight excluding hydrogens is 208 g/mol. The molecule has 94 valence electrons. The summed E-state index contributed by atoms with van der Waals surface area (Å²) in [7, 11) is 1.59. The van der Waals surface area contributed by atoms with Gasteiger partial charge in [-0.3, -0.25) is 0 Å². The van der Waals surface area contributed by atoms with Crippen LogP contribution >= 0.6 is 0 Å². The van der Waals surface area contributed by atoms with E-state index in [1.165, 1.54) is 0 Å². The molecule has 0 radical (unpaired) electrons. The Bertz CT molecular complexity index is 251. The maximum Gasteiger partial charge on any atom is 0.336 e. The third-order valence-electron chi connectivity index (χ3n) is 3.79. The highest BCUT2D eigenvalue weighted by molar-refractivity contribution is 5.78. The molecular formula is C12H22O4. The number of ether oxygens (including phenoxy) is 1. The van der Waals surface area contributed by atoms with Crippen molar-refractivity contribution in [1.82, 2.24) is 0 Å². The van der Waals surface area contributed by atoms with Gasteiger partial charge < -0.3 is 14.9 Å². The summed E-state index contributed by atoms with van der Waals surface area (Å²) in [5.74, 6) is -1.74. The summed E-state index contributed by atoms with van der Waals surface area (Å²) in [5, 5.41) is 19.7. The molecule has 16 heavy (non-hydrogen) atoms. The molecule has 1 saturated carbocycles. The Hall–Kier alpha value is -0.610. The molecule has 0 aromatic heterocycles. The second kappa shape index (κ2) is 5.15. The van der Waals surface area contributed by atoms with Crippen LogP contribution < -0.4 is 0 Å². The summed E-state index contributed by atoms with van der Waals surface area (Å²) in [4.78, 5) is 11.3. The predicted molar refractivity (Wildman–Crippen MR) is 60.2 cm³/mol. The molecule has 0 spiro atoms. The Morgan fingerprint density at radius 1 is 1.38 bits per heavy atom. The van der Waals surface area contributed by atoms with E-state index in [0.29, 0.717) is 0 Å². The van der Waals surface area contributed by atoms with E-state index in [0.717, 1.165) is 25.7 Å². The van der Waals surface area contributed by atoms with Gasteiger partial charge in [-0.1, -0.05) is 26.7 Å². The van der Waals surface area contributed by atoms with Crippen molar-refractivity contribution in [2.45, 2.75) is 51.2 Å². The summed E-state index contributed by atoms with van der Waals surface area (Å²) < 4.78 is 5.33. The van der Waals surface area contributed by atoms with Gasteiger partial charge in [0.25, 0.3) is 0 Å². The van der Waals surface area contributed by atoms with Crippen LogP contribution in [0.5, 0.6) is 0 Å². The SMILES string of the molecule is COC1CCCCC1C(O)(C(=O)O)C(C)C. The number of aliphatic carboxylic acids is 1. The van der Waals surface area contributed by atoms with Crippen LogP contribution in [0.25, 0.3) is 0 Å². The molecule has 0 bridgehead atoms. The van der Waals surface area contributed by atoms with Gasteiger partial charge in [0.1, 0.15) is 0 Å². The normalized spacial score (nSPS) is 30.1. The first-order valence-corrected chi connectivity index (χ1v) is 5.93. The molecule has 3 atom stereocenters. The van der Waals surface area contributed by atoms with E-state index in [-0.39, 0.29) is 17.9 Å². The summed E-state index contributed by atoms with van der Waals surface area (Å²) >= 11 is 0. The fraction of sp³-hybridized carbons (Fsp3) is 0.917. The molecule has 0 aliphatic heterocycles. The molecule has 1 aliphatic rings. The zero-order valence-corrected chi connectivity index (χ0v) is 10.3. The van der Waals surface area contributed by atoms with Crippen molar-refractivity contribution in [1.29, 1.82) is 0 Å². The zero-order valence-electron chi connectivity index (χ0n) is 10.3. The smallest absolute Gasteiger partial charge is 0.336 e. The van der Waals surface area contributed by atoms with Crippen molar-refractivity contribution < 1.29 is 19.7 Å². The lowest BCUT2D eigenvalue weighted by molar-refractivity contribution is -0.183. The van der Waals surface area contributed by atoms with Gasteiger partial charge >= 0.3 is 5.97 Å². The van der Waals surface area contributed by atoms with E-state index >= 15 is 0 Å². The lowest BCUT2D eigenvalue weighted by Gasteiger charge is -2.42. The molecule has 4 nitrogen and oxygen atoms in total. The molecule has 0 aromatic carbocycles. The quantitative estimate of drug-likeness (QED) is 0.771. The van der Waals surface area contributed by atoms with Gasteiger partial charge in [-0.2, -0.15) is 0 Å². The third kappa shape index (κ3) is 2.23. The molecule has 1 rings (SSSR count). The van der Waals surface area contributed by atoms with E-state index < -0.39 is 11.6 Å². The first-order valence-electron chi connectivity index (χ1n) is 5.93. The predicted octanol–water partition coefficient (Wildman–Crippen LogP) is 1.66. The van der Waals surface area contributed by atoms with Gasteiger partial charge in [0.2, 0.25) is 0 Å². The first kappa shape index (κ1) is 13.5. The standard InChI is InChI=1S/C12H22O4/c1-8(2)12(15,11(13)14)9-6-4-5-7-10(9)16-3/h8-10,15H,4-7H2,1-3H3,(H,13,14). The number of carboxylic acid groups (broad SMARTS) is 1. The largest absolute Gasteiger partial charge is 0.479 e. The number of hydrogen-bond acceptors (Lipinski definition) is 3. The maximum atomic E-state index is 11.3. The minimum absolute atomic E-state index is 0.141. The van der Waals surface area contributed by atoms with E-state index in [1.54, 1.807) is 21.0 Å². The van der Waals surface area contributed by atoms with Crippen LogP contribution in [0.2, 0.25) is 0 Å². The van der Waals surface area contributed by atoms with Crippen molar-refractivity contribution in [3.05, 3.63) is 0 Å². The van der Waals surface area contributed by atoms with E-state index in [4.69, 9.17) is 4.74 Å². The molecule has 0 amide bonds. The Balaban J connectivity index is 2.96. The van der Waals surface area contributed by atoms with Crippen molar-refractivity contribution in [3.63, 3.8) is 0 Å². The minimum Gasteiger partial charge on any atom is -0.479 e. The average Bonchev–Trinajstić information content (AvgIpc) is 2.27. The topological polar surface area (TPSA) is 66.8 Å². The van der Waals surface area contributed by atoms with Crippen LogP contribution in [0.1, 0.15) is 39.5 Å². The van der Waals surface area contributed by atoms with Gasteiger partial charge in [-0.25, -0.2) is 4.79 Å². The Labute approximate surface area is 96.6 Å². The lowest BCUT2D eigenvalue weighted by Crippen LogP contribution is -2.55. The van der Waals surface area contributed by atoms with E-state index in [9.17, 15) is 15.0 Å². The third-order valence-corrected chi connectivity index (χ3v) is 3.79. The molecule has 4 heteroatoms. The maximum absolute atomic E-state index is 11.3. The van der Waals surface area contributed by atoms with Crippen molar-refractivity contribution in [2.75, 3.05) is 7.11 Å². The molecule has 0 aromatic rings. The number of methoxy groups -OCH3 is 1. The fourth-order valence-corrected chi connectivity index (χ4v) is 2.72. The zero-order chi connectivity index (χ0) is 12.3. The van der Waals surface area contributed by atoms with Gasteiger partial charge in [0.15, 0.2) is 5.60 Å². The van der Waals surface area contributed by atoms with Crippen LogP contribution in [0.4, 0.5) is 0 Å². The van der Waals surface area contributed by atoms with Crippen LogP contribution in [-0.2, 0) is 9.53 Å². The highest BCUT2D eigenvalue weighted by Crippen LogP contribution is 2.38. The number of hydrogen-bond donors (Lipinski definition) is 2. The summed E-state index contributed by atoms with van der Waals surface area (Å²) in [6, 6.07) is 0. The van der Waals surface area contributed by atoms with Gasteiger partial charge in [0.05, 0.1) is 6.10 Å². The number of rotatable bonds is 4. The molecule has 1 fully saturated rings. The Kier molecular flexibility index (Phi) is 4.33. The Morgan fingerprint density at radius 3 is 2.38 bits per heavy atom.